The molecule has 1 atom stereocenters. The summed E-state index contributed by atoms with van der Waals surface area (Å²) in [6.45, 7) is 5.97. The molecule has 1 aliphatic heterocycles. The van der Waals surface area contributed by atoms with Gasteiger partial charge in [-0.25, -0.2) is 0 Å². The molecule has 0 spiro atoms. The van der Waals surface area contributed by atoms with E-state index in [4.69, 9.17) is 14.5 Å². The van der Waals surface area contributed by atoms with Gasteiger partial charge in [0.2, 0.25) is 0 Å². The Bertz CT molecular complexity index is 1260. The van der Waals surface area contributed by atoms with Crippen molar-refractivity contribution in [2.24, 2.45) is 5.41 Å². The van der Waals surface area contributed by atoms with Crippen LogP contribution in [0.5, 0.6) is 5.75 Å². The van der Waals surface area contributed by atoms with Crippen molar-refractivity contribution in [1.82, 2.24) is 10.1 Å². The molecule has 0 bridgehead atoms. The van der Waals surface area contributed by atoms with E-state index >= 15 is 0 Å². The standard InChI is InChI=1S/C25H22F3N3O3/c1-15-19(21(30-34-15)16-7-5-4-6-8-16)13-31-14-24(2,3)22(23(31)32)33-18-10-9-17(12-29)20(11-18)25(26,27)28/h4-11,22H,13-14H2,1-3H3. The second-order valence-electron chi connectivity index (χ2n) is 8.93. The van der Waals surface area contributed by atoms with E-state index in [9.17, 15) is 18.0 Å². The smallest absolute Gasteiger partial charge is 0.417 e. The molecule has 1 aliphatic rings. The number of rotatable bonds is 5. The molecule has 34 heavy (non-hydrogen) atoms. The van der Waals surface area contributed by atoms with E-state index in [1.807, 2.05) is 44.2 Å². The second kappa shape index (κ2) is 8.52. The summed E-state index contributed by atoms with van der Waals surface area (Å²) in [4.78, 5) is 14.9. The maximum atomic E-state index is 13.4. The molecule has 0 saturated carbocycles. The van der Waals surface area contributed by atoms with Gasteiger partial charge in [-0.1, -0.05) is 49.3 Å². The third kappa shape index (κ3) is 4.36. The van der Waals surface area contributed by atoms with E-state index < -0.39 is 28.8 Å². The van der Waals surface area contributed by atoms with Crippen molar-refractivity contribution in [3.05, 3.63) is 71.0 Å². The summed E-state index contributed by atoms with van der Waals surface area (Å²) in [5, 5.41) is 13.1. The fraction of sp³-hybridized carbons (Fsp3) is 0.320. The summed E-state index contributed by atoms with van der Waals surface area (Å²) < 4.78 is 51.2. The zero-order valence-corrected chi connectivity index (χ0v) is 18.8. The van der Waals surface area contributed by atoms with Crippen LogP contribution >= 0.6 is 0 Å². The normalized spacial score (nSPS) is 17.6. The third-order valence-electron chi connectivity index (χ3n) is 5.90. The van der Waals surface area contributed by atoms with Gasteiger partial charge in [0, 0.05) is 23.1 Å². The molecular formula is C25H22F3N3O3. The van der Waals surface area contributed by atoms with Crippen molar-refractivity contribution in [3.63, 3.8) is 0 Å². The minimum absolute atomic E-state index is 0.120. The number of aromatic nitrogens is 1. The lowest BCUT2D eigenvalue weighted by molar-refractivity contribution is -0.138. The minimum atomic E-state index is -4.72. The average molecular weight is 469 g/mol. The van der Waals surface area contributed by atoms with Crippen LogP contribution < -0.4 is 4.74 Å². The Kier molecular flexibility index (Phi) is 5.86. The van der Waals surface area contributed by atoms with Crippen molar-refractivity contribution >= 4 is 5.91 Å². The van der Waals surface area contributed by atoms with Gasteiger partial charge in [0.1, 0.15) is 17.2 Å². The van der Waals surface area contributed by atoms with Crippen LogP contribution in [0.3, 0.4) is 0 Å². The number of benzene rings is 2. The molecule has 2 heterocycles. The van der Waals surface area contributed by atoms with E-state index in [1.54, 1.807) is 11.8 Å². The number of carbonyl (C=O) groups is 1. The van der Waals surface area contributed by atoms with E-state index in [0.717, 1.165) is 23.3 Å². The van der Waals surface area contributed by atoms with Crippen LogP contribution in [-0.2, 0) is 17.5 Å². The molecule has 1 fully saturated rings. The van der Waals surface area contributed by atoms with Gasteiger partial charge < -0.3 is 14.2 Å². The summed E-state index contributed by atoms with van der Waals surface area (Å²) in [6, 6.07) is 14.1. The number of hydrogen-bond donors (Lipinski definition) is 0. The number of ether oxygens (including phenoxy) is 1. The van der Waals surface area contributed by atoms with Gasteiger partial charge in [0.25, 0.3) is 5.91 Å². The van der Waals surface area contributed by atoms with Gasteiger partial charge in [-0.15, -0.1) is 0 Å². The van der Waals surface area contributed by atoms with E-state index in [-0.39, 0.29) is 18.2 Å². The van der Waals surface area contributed by atoms with Crippen LogP contribution in [0.25, 0.3) is 11.3 Å². The highest BCUT2D eigenvalue weighted by Gasteiger charge is 2.48. The van der Waals surface area contributed by atoms with Crippen molar-refractivity contribution < 1.29 is 27.2 Å². The highest BCUT2D eigenvalue weighted by molar-refractivity contribution is 5.85. The van der Waals surface area contributed by atoms with Crippen LogP contribution in [0.1, 0.15) is 36.3 Å². The van der Waals surface area contributed by atoms with E-state index in [2.05, 4.69) is 5.16 Å². The van der Waals surface area contributed by atoms with E-state index in [1.165, 1.54) is 12.1 Å². The second-order valence-corrected chi connectivity index (χ2v) is 8.93. The lowest BCUT2D eigenvalue weighted by Crippen LogP contribution is -2.36. The first-order valence-corrected chi connectivity index (χ1v) is 10.6. The maximum absolute atomic E-state index is 13.4. The molecule has 0 radical (unpaired) electrons. The number of likely N-dealkylation sites (tertiary alicyclic amines) is 1. The zero-order chi connectivity index (χ0) is 24.7. The molecule has 1 unspecified atom stereocenters. The Morgan fingerprint density at radius 2 is 1.94 bits per heavy atom. The predicted molar refractivity (Wildman–Crippen MR) is 116 cm³/mol. The van der Waals surface area contributed by atoms with Crippen molar-refractivity contribution in [2.45, 2.75) is 39.6 Å². The highest BCUT2D eigenvalue weighted by atomic mass is 19.4. The first-order valence-electron chi connectivity index (χ1n) is 10.6. The fourth-order valence-electron chi connectivity index (χ4n) is 4.15. The topological polar surface area (TPSA) is 79.4 Å². The molecule has 0 N–H and O–H groups in total. The maximum Gasteiger partial charge on any atom is 0.417 e. The van der Waals surface area contributed by atoms with Gasteiger partial charge in [-0.05, 0) is 25.1 Å². The lowest BCUT2D eigenvalue weighted by Gasteiger charge is -2.24. The highest BCUT2D eigenvalue weighted by Crippen LogP contribution is 2.39. The van der Waals surface area contributed by atoms with Gasteiger partial charge in [-0.2, -0.15) is 18.4 Å². The zero-order valence-electron chi connectivity index (χ0n) is 18.8. The SMILES string of the molecule is Cc1onc(-c2ccccc2)c1CN1CC(C)(C)C(Oc2ccc(C#N)c(C(F)(F)F)c2)C1=O. The van der Waals surface area contributed by atoms with Crippen LogP contribution in [0, 0.1) is 23.7 Å². The third-order valence-corrected chi connectivity index (χ3v) is 5.90. The first-order chi connectivity index (χ1) is 16.0. The Balaban J connectivity index is 1.59. The van der Waals surface area contributed by atoms with Crippen molar-refractivity contribution in [2.75, 3.05) is 6.54 Å². The molecule has 6 nitrogen and oxygen atoms in total. The van der Waals surface area contributed by atoms with Crippen LogP contribution in [-0.4, -0.2) is 28.6 Å². The minimum Gasteiger partial charge on any atom is -0.480 e. The van der Waals surface area contributed by atoms with Crippen LogP contribution in [0.4, 0.5) is 13.2 Å². The molecule has 1 saturated heterocycles. The molecule has 0 aliphatic carbocycles. The number of nitriles is 1. The lowest BCUT2D eigenvalue weighted by atomic mass is 9.89. The number of hydrogen-bond acceptors (Lipinski definition) is 5. The Morgan fingerprint density at radius 3 is 2.59 bits per heavy atom. The molecule has 1 aromatic heterocycles. The summed E-state index contributed by atoms with van der Waals surface area (Å²) in [6.07, 6.45) is -5.72. The monoisotopic (exact) mass is 469 g/mol. The largest absolute Gasteiger partial charge is 0.480 e. The van der Waals surface area contributed by atoms with Gasteiger partial charge >= 0.3 is 6.18 Å². The van der Waals surface area contributed by atoms with Crippen molar-refractivity contribution in [1.29, 1.82) is 5.26 Å². The molecule has 176 valence electrons. The first kappa shape index (κ1) is 23.4. The summed E-state index contributed by atoms with van der Waals surface area (Å²) in [5.74, 6) is 0.115. The summed E-state index contributed by atoms with van der Waals surface area (Å²) >= 11 is 0. The number of halogens is 3. The molecule has 3 aromatic rings. The number of aryl methyl sites for hydroxylation is 1. The average Bonchev–Trinajstić information content (AvgIpc) is 3.25. The van der Waals surface area contributed by atoms with Crippen molar-refractivity contribution in [3.8, 4) is 23.1 Å². The molecule has 9 heteroatoms. The molecule has 4 rings (SSSR count). The fourth-order valence-corrected chi connectivity index (χ4v) is 4.15. The van der Waals surface area contributed by atoms with E-state index in [0.29, 0.717) is 18.0 Å². The molecule has 2 aromatic carbocycles. The quantitative estimate of drug-likeness (QED) is 0.503. The number of nitrogens with zero attached hydrogens (tertiary/aromatic N) is 3. The molecule has 1 amide bonds. The molecular weight excluding hydrogens is 447 g/mol. The summed E-state index contributed by atoms with van der Waals surface area (Å²) in [5.41, 5.74) is -0.0365. The summed E-state index contributed by atoms with van der Waals surface area (Å²) in [7, 11) is 0. The number of amides is 1. The Hall–Kier alpha value is -3.80. The number of carbonyl (C=O) groups excluding carboxylic acids is 1. The van der Waals surface area contributed by atoms with Gasteiger partial charge in [-0.3, -0.25) is 4.79 Å². The van der Waals surface area contributed by atoms with Crippen LogP contribution in [0.2, 0.25) is 0 Å². The Morgan fingerprint density at radius 1 is 1.24 bits per heavy atom. The Labute approximate surface area is 194 Å². The predicted octanol–water partition coefficient (Wildman–Crippen LogP) is 5.36. The van der Waals surface area contributed by atoms with Crippen LogP contribution in [0.15, 0.2) is 53.1 Å². The number of alkyl halides is 3. The van der Waals surface area contributed by atoms with Gasteiger partial charge in [0.15, 0.2) is 6.10 Å². The van der Waals surface area contributed by atoms with Gasteiger partial charge in [0.05, 0.1) is 23.7 Å².